The van der Waals surface area contributed by atoms with Crippen LogP contribution in [0.15, 0.2) is 0 Å². The van der Waals surface area contributed by atoms with Crippen molar-refractivity contribution in [3.05, 3.63) is 0 Å². The van der Waals surface area contributed by atoms with Crippen LogP contribution in [0.5, 0.6) is 0 Å². The predicted molar refractivity (Wildman–Crippen MR) is 55.6 cm³/mol. The maximum atomic E-state index is 11.1. The van der Waals surface area contributed by atoms with Gasteiger partial charge in [-0.05, 0) is 19.3 Å². The molecule has 0 spiro atoms. The third kappa shape index (κ3) is 9.03. The van der Waals surface area contributed by atoms with Crippen LogP contribution in [0.3, 0.4) is 0 Å². The molecule has 4 heteroatoms. The van der Waals surface area contributed by atoms with Crippen LogP contribution in [0.2, 0.25) is 0 Å². The summed E-state index contributed by atoms with van der Waals surface area (Å²) in [6.45, 7) is 2.84. The van der Waals surface area contributed by atoms with Crippen LogP contribution in [0.1, 0.15) is 45.4 Å². The average Bonchev–Trinajstić information content (AvgIpc) is 2.13. The van der Waals surface area contributed by atoms with Crippen molar-refractivity contribution in [1.29, 1.82) is 0 Å². The molecule has 82 valence electrons. The molecule has 14 heavy (non-hydrogen) atoms. The molecule has 0 aromatic carbocycles. The summed E-state index contributed by atoms with van der Waals surface area (Å²) >= 11 is 0. The topological polar surface area (TPSA) is 72.2 Å². The van der Waals surface area contributed by atoms with E-state index in [9.17, 15) is 9.59 Å². The van der Waals surface area contributed by atoms with E-state index in [0.29, 0.717) is 19.3 Å². The lowest BCUT2D eigenvalue weighted by atomic mass is 10.2. The van der Waals surface area contributed by atoms with Crippen LogP contribution < -0.4 is 11.1 Å². The Morgan fingerprint density at radius 2 is 1.79 bits per heavy atom. The number of rotatable bonds is 8. The fourth-order valence-corrected chi connectivity index (χ4v) is 1.08. The minimum Gasteiger partial charge on any atom is -0.370 e. The van der Waals surface area contributed by atoms with E-state index in [4.69, 9.17) is 5.73 Å². The molecule has 0 saturated heterocycles. The minimum atomic E-state index is -0.295. The zero-order chi connectivity index (χ0) is 10.8. The molecule has 0 aliphatic heterocycles. The van der Waals surface area contributed by atoms with Gasteiger partial charge < -0.3 is 11.1 Å². The maximum Gasteiger partial charge on any atom is 0.219 e. The van der Waals surface area contributed by atoms with Gasteiger partial charge in [0.05, 0.1) is 0 Å². The van der Waals surface area contributed by atoms with E-state index < -0.39 is 0 Å². The van der Waals surface area contributed by atoms with Gasteiger partial charge in [0.25, 0.3) is 0 Å². The molecule has 0 unspecified atom stereocenters. The lowest BCUT2D eigenvalue weighted by molar-refractivity contribution is -0.122. The Hall–Kier alpha value is -1.06. The standard InChI is InChI=1S/C10H20N2O2/c1-2-3-8-12-10(14)7-5-4-6-9(11)13/h2-8H2,1H3,(H2,11,13)(H,12,14). The van der Waals surface area contributed by atoms with Crippen molar-refractivity contribution >= 4 is 11.8 Å². The molecule has 2 amide bonds. The van der Waals surface area contributed by atoms with Crippen molar-refractivity contribution in [2.75, 3.05) is 6.54 Å². The van der Waals surface area contributed by atoms with E-state index >= 15 is 0 Å². The number of amides is 2. The monoisotopic (exact) mass is 200 g/mol. The van der Waals surface area contributed by atoms with Gasteiger partial charge in [0, 0.05) is 19.4 Å². The van der Waals surface area contributed by atoms with Gasteiger partial charge in [0.15, 0.2) is 0 Å². The Labute approximate surface area is 85.2 Å². The second-order valence-electron chi connectivity index (χ2n) is 3.38. The molecule has 0 aliphatic carbocycles. The molecule has 0 aromatic rings. The van der Waals surface area contributed by atoms with Crippen molar-refractivity contribution in [2.45, 2.75) is 45.4 Å². The van der Waals surface area contributed by atoms with Crippen LogP contribution in [-0.4, -0.2) is 18.4 Å². The van der Waals surface area contributed by atoms with Crippen molar-refractivity contribution in [2.24, 2.45) is 5.73 Å². The van der Waals surface area contributed by atoms with Crippen LogP contribution in [0.25, 0.3) is 0 Å². The number of nitrogens with one attached hydrogen (secondary N) is 1. The first-order chi connectivity index (χ1) is 6.66. The summed E-state index contributed by atoms with van der Waals surface area (Å²) < 4.78 is 0. The fourth-order valence-electron chi connectivity index (χ4n) is 1.08. The third-order valence-corrected chi connectivity index (χ3v) is 1.93. The first-order valence-corrected chi connectivity index (χ1v) is 5.21. The Kier molecular flexibility index (Phi) is 7.89. The summed E-state index contributed by atoms with van der Waals surface area (Å²) in [6, 6.07) is 0. The molecule has 0 heterocycles. The predicted octanol–water partition coefficient (Wildman–Crippen LogP) is 0.948. The van der Waals surface area contributed by atoms with E-state index in [0.717, 1.165) is 25.8 Å². The number of hydrogen-bond acceptors (Lipinski definition) is 2. The Bertz CT molecular complexity index is 181. The average molecular weight is 200 g/mol. The highest BCUT2D eigenvalue weighted by Gasteiger charge is 2.00. The summed E-state index contributed by atoms with van der Waals surface area (Å²) in [6.07, 6.45) is 4.42. The zero-order valence-electron chi connectivity index (χ0n) is 8.84. The lowest BCUT2D eigenvalue weighted by Gasteiger charge is -2.03. The highest BCUT2D eigenvalue weighted by molar-refractivity contribution is 5.76. The number of unbranched alkanes of at least 4 members (excludes halogenated alkanes) is 2. The molecule has 0 bridgehead atoms. The van der Waals surface area contributed by atoms with E-state index in [1.54, 1.807) is 0 Å². The normalized spacial score (nSPS) is 9.79. The van der Waals surface area contributed by atoms with Gasteiger partial charge in [-0.1, -0.05) is 13.3 Å². The Morgan fingerprint density at radius 3 is 2.36 bits per heavy atom. The molecule has 0 atom stereocenters. The molecular weight excluding hydrogens is 180 g/mol. The number of carbonyl (C=O) groups is 2. The number of nitrogens with two attached hydrogens (primary N) is 1. The van der Waals surface area contributed by atoms with Gasteiger partial charge in [0.1, 0.15) is 0 Å². The quantitative estimate of drug-likeness (QED) is 0.572. The van der Waals surface area contributed by atoms with Gasteiger partial charge in [0.2, 0.25) is 11.8 Å². The summed E-state index contributed by atoms with van der Waals surface area (Å²) in [5, 5.41) is 2.82. The molecule has 0 aromatic heterocycles. The van der Waals surface area contributed by atoms with Crippen molar-refractivity contribution in [1.82, 2.24) is 5.32 Å². The van der Waals surface area contributed by atoms with Crippen LogP contribution in [0.4, 0.5) is 0 Å². The molecule has 4 nitrogen and oxygen atoms in total. The molecule has 3 N–H and O–H groups in total. The molecule has 0 aliphatic rings. The largest absolute Gasteiger partial charge is 0.370 e. The SMILES string of the molecule is CCCCNC(=O)CCCCC(N)=O. The van der Waals surface area contributed by atoms with Crippen LogP contribution >= 0.6 is 0 Å². The smallest absolute Gasteiger partial charge is 0.219 e. The number of primary amides is 1. The van der Waals surface area contributed by atoms with Gasteiger partial charge >= 0.3 is 0 Å². The molecule has 0 fully saturated rings. The lowest BCUT2D eigenvalue weighted by Crippen LogP contribution is -2.23. The van der Waals surface area contributed by atoms with Crippen molar-refractivity contribution < 1.29 is 9.59 Å². The summed E-state index contributed by atoms with van der Waals surface area (Å²) in [7, 11) is 0. The summed E-state index contributed by atoms with van der Waals surface area (Å²) in [4.78, 5) is 21.5. The van der Waals surface area contributed by atoms with Gasteiger partial charge in [-0.3, -0.25) is 9.59 Å². The van der Waals surface area contributed by atoms with Crippen LogP contribution in [0, 0.1) is 0 Å². The highest BCUT2D eigenvalue weighted by Crippen LogP contribution is 1.98. The zero-order valence-corrected chi connectivity index (χ0v) is 8.84. The molecule has 0 rings (SSSR count). The van der Waals surface area contributed by atoms with Gasteiger partial charge in [-0.15, -0.1) is 0 Å². The maximum absolute atomic E-state index is 11.1. The Balaban J connectivity index is 3.22. The first-order valence-electron chi connectivity index (χ1n) is 5.21. The minimum absolute atomic E-state index is 0.0721. The van der Waals surface area contributed by atoms with E-state index in [1.165, 1.54) is 0 Å². The molecule has 0 radical (unpaired) electrons. The van der Waals surface area contributed by atoms with E-state index in [1.807, 2.05) is 0 Å². The third-order valence-electron chi connectivity index (χ3n) is 1.93. The van der Waals surface area contributed by atoms with E-state index in [-0.39, 0.29) is 11.8 Å². The Morgan fingerprint density at radius 1 is 1.14 bits per heavy atom. The first kappa shape index (κ1) is 12.9. The number of hydrogen-bond donors (Lipinski definition) is 2. The second-order valence-corrected chi connectivity index (χ2v) is 3.38. The summed E-state index contributed by atoms with van der Waals surface area (Å²) in [5.41, 5.74) is 4.97. The fraction of sp³-hybridized carbons (Fsp3) is 0.800. The van der Waals surface area contributed by atoms with E-state index in [2.05, 4.69) is 12.2 Å². The molecule has 0 saturated carbocycles. The summed E-state index contributed by atoms with van der Waals surface area (Å²) in [5.74, 6) is -0.223. The second kappa shape index (κ2) is 8.53. The van der Waals surface area contributed by atoms with Gasteiger partial charge in [-0.2, -0.15) is 0 Å². The highest BCUT2D eigenvalue weighted by atomic mass is 16.1. The van der Waals surface area contributed by atoms with Crippen molar-refractivity contribution in [3.8, 4) is 0 Å². The molecular formula is C10H20N2O2. The van der Waals surface area contributed by atoms with Crippen LogP contribution in [-0.2, 0) is 9.59 Å². The van der Waals surface area contributed by atoms with Gasteiger partial charge in [-0.25, -0.2) is 0 Å². The van der Waals surface area contributed by atoms with Crippen molar-refractivity contribution in [3.63, 3.8) is 0 Å². The number of carbonyl (C=O) groups excluding carboxylic acids is 2.